The SMILES string of the molecule is CC[C@@H]1c2ccc(O[Si](C)(C)C(C)(C)C)c(Br)c2C[C@H]2C(=O)N(C3CCCCC3)C(=O)N12. The standard InChI is InChI=1S/C25H37BrN2O3Si/c1-7-19-17-13-14-21(31-32(5,6)25(2,3)4)22(26)18(17)15-20-23(29)27(24(30)28(19)20)16-11-9-8-10-12-16/h13-14,16,19-20H,7-12,15H2,1-6H3/t19-,20+/m1/s1. The fourth-order valence-electron chi connectivity index (χ4n) is 5.24. The molecule has 1 aliphatic carbocycles. The number of nitrogens with zero attached hydrogens (tertiary/aromatic N) is 2. The summed E-state index contributed by atoms with van der Waals surface area (Å²) in [7, 11) is -2.00. The molecule has 7 heteroatoms. The van der Waals surface area contributed by atoms with Crippen LogP contribution in [0.5, 0.6) is 5.75 Å². The van der Waals surface area contributed by atoms with Crippen molar-refractivity contribution in [2.24, 2.45) is 0 Å². The Bertz CT molecular complexity index is 920. The first-order chi connectivity index (χ1) is 15.0. The van der Waals surface area contributed by atoms with Crippen molar-refractivity contribution in [3.05, 3.63) is 27.7 Å². The minimum absolute atomic E-state index is 0.00591. The number of urea groups is 1. The molecule has 2 atom stereocenters. The number of halogens is 1. The molecule has 0 spiro atoms. The Morgan fingerprint density at radius 2 is 1.78 bits per heavy atom. The molecule has 3 amide bonds. The number of carbonyl (C=O) groups is 2. The summed E-state index contributed by atoms with van der Waals surface area (Å²) in [5, 5.41) is 0.0967. The van der Waals surface area contributed by atoms with Crippen molar-refractivity contribution in [1.29, 1.82) is 0 Å². The van der Waals surface area contributed by atoms with E-state index in [-0.39, 0.29) is 29.1 Å². The zero-order valence-corrected chi connectivity index (χ0v) is 22.9. The molecule has 1 saturated heterocycles. The highest BCUT2D eigenvalue weighted by molar-refractivity contribution is 9.10. The van der Waals surface area contributed by atoms with Crippen LogP contribution in [0.25, 0.3) is 0 Å². The molecule has 0 unspecified atom stereocenters. The van der Waals surface area contributed by atoms with E-state index in [0.29, 0.717) is 6.42 Å². The number of fused-ring (bicyclic) bond motifs is 2. The lowest BCUT2D eigenvalue weighted by atomic mass is 9.87. The van der Waals surface area contributed by atoms with Gasteiger partial charge >= 0.3 is 6.03 Å². The molecule has 2 aliphatic heterocycles. The Hall–Kier alpha value is -1.34. The van der Waals surface area contributed by atoms with Crippen LogP contribution in [0.2, 0.25) is 18.1 Å². The van der Waals surface area contributed by atoms with Gasteiger partial charge in [0.05, 0.1) is 10.5 Å². The van der Waals surface area contributed by atoms with Gasteiger partial charge < -0.3 is 9.33 Å². The van der Waals surface area contributed by atoms with E-state index in [1.165, 1.54) is 6.42 Å². The number of hydrogen-bond acceptors (Lipinski definition) is 3. The smallest absolute Gasteiger partial charge is 0.328 e. The van der Waals surface area contributed by atoms with Crippen LogP contribution in [0.15, 0.2) is 16.6 Å². The van der Waals surface area contributed by atoms with Crippen molar-refractivity contribution in [3.63, 3.8) is 0 Å². The Labute approximate surface area is 202 Å². The third-order valence-corrected chi connectivity index (χ3v) is 13.3. The molecule has 176 valence electrons. The summed E-state index contributed by atoms with van der Waals surface area (Å²) in [4.78, 5) is 30.5. The third-order valence-electron chi connectivity index (χ3n) is 8.12. The quantitative estimate of drug-likeness (QED) is 0.323. The lowest BCUT2D eigenvalue weighted by molar-refractivity contribution is -0.130. The summed E-state index contributed by atoms with van der Waals surface area (Å²) in [5.74, 6) is 0.855. The van der Waals surface area contributed by atoms with Crippen molar-refractivity contribution in [1.82, 2.24) is 9.80 Å². The first-order valence-electron chi connectivity index (χ1n) is 12.1. The maximum Gasteiger partial charge on any atom is 0.328 e. The van der Waals surface area contributed by atoms with Gasteiger partial charge in [0.2, 0.25) is 0 Å². The number of carbonyl (C=O) groups excluding carboxylic acids is 2. The van der Waals surface area contributed by atoms with Crippen molar-refractivity contribution in [2.75, 3.05) is 0 Å². The van der Waals surface area contributed by atoms with Gasteiger partial charge in [-0.1, -0.05) is 53.0 Å². The summed E-state index contributed by atoms with van der Waals surface area (Å²) < 4.78 is 7.58. The minimum Gasteiger partial charge on any atom is -0.543 e. The highest BCUT2D eigenvalue weighted by Crippen LogP contribution is 2.47. The van der Waals surface area contributed by atoms with Crippen LogP contribution in [0.4, 0.5) is 4.79 Å². The maximum atomic E-state index is 13.5. The zero-order valence-electron chi connectivity index (χ0n) is 20.3. The van der Waals surface area contributed by atoms with Gasteiger partial charge in [0.25, 0.3) is 14.2 Å². The molecule has 0 bridgehead atoms. The monoisotopic (exact) mass is 520 g/mol. The number of rotatable bonds is 4. The van der Waals surface area contributed by atoms with Gasteiger partial charge in [-0.3, -0.25) is 9.69 Å². The molecule has 1 aromatic carbocycles. The van der Waals surface area contributed by atoms with E-state index in [2.05, 4.69) is 62.8 Å². The number of amides is 3. The molecular formula is C25H37BrN2O3Si. The predicted octanol–water partition coefficient (Wildman–Crippen LogP) is 6.81. The maximum absolute atomic E-state index is 13.5. The van der Waals surface area contributed by atoms with Crippen LogP contribution in [-0.4, -0.2) is 42.1 Å². The van der Waals surface area contributed by atoms with Crippen LogP contribution in [0.3, 0.4) is 0 Å². The van der Waals surface area contributed by atoms with Crippen LogP contribution in [0.1, 0.15) is 83.4 Å². The zero-order chi connectivity index (χ0) is 23.4. The summed E-state index contributed by atoms with van der Waals surface area (Å²) in [6, 6.07) is 3.67. The number of imide groups is 1. The predicted molar refractivity (Wildman–Crippen MR) is 133 cm³/mol. The highest BCUT2D eigenvalue weighted by Gasteiger charge is 2.53. The highest BCUT2D eigenvalue weighted by atomic mass is 79.9. The number of hydrogen-bond donors (Lipinski definition) is 0. The molecule has 0 radical (unpaired) electrons. The molecule has 3 aliphatic rings. The van der Waals surface area contributed by atoms with Gasteiger partial charge in [-0.25, -0.2) is 4.79 Å². The molecule has 2 fully saturated rings. The first kappa shape index (κ1) is 23.8. The van der Waals surface area contributed by atoms with Crippen LogP contribution >= 0.6 is 15.9 Å². The van der Waals surface area contributed by atoms with Gasteiger partial charge in [0, 0.05) is 12.5 Å². The molecular weight excluding hydrogens is 484 g/mol. The second kappa shape index (κ2) is 8.46. The molecule has 5 nitrogen and oxygen atoms in total. The molecule has 32 heavy (non-hydrogen) atoms. The first-order valence-corrected chi connectivity index (χ1v) is 15.8. The van der Waals surface area contributed by atoms with E-state index < -0.39 is 14.4 Å². The average molecular weight is 522 g/mol. The summed E-state index contributed by atoms with van der Waals surface area (Å²) in [6.07, 6.45) is 6.62. The number of benzene rings is 1. The van der Waals surface area contributed by atoms with Gasteiger partial charge in [0.1, 0.15) is 11.8 Å². The molecule has 1 aromatic rings. The van der Waals surface area contributed by atoms with Crippen molar-refractivity contribution in [3.8, 4) is 5.75 Å². The second-order valence-electron chi connectivity index (χ2n) is 11.1. The lowest BCUT2D eigenvalue weighted by Crippen LogP contribution is -2.45. The van der Waals surface area contributed by atoms with Crippen LogP contribution in [-0.2, 0) is 11.2 Å². The van der Waals surface area contributed by atoms with Crippen LogP contribution < -0.4 is 4.43 Å². The van der Waals surface area contributed by atoms with Crippen molar-refractivity contribution < 1.29 is 14.0 Å². The summed E-state index contributed by atoms with van der Waals surface area (Å²) in [5.41, 5.74) is 2.27. The van der Waals surface area contributed by atoms with E-state index in [1.54, 1.807) is 4.90 Å². The van der Waals surface area contributed by atoms with Crippen molar-refractivity contribution >= 4 is 36.2 Å². The topological polar surface area (TPSA) is 49.9 Å². The van der Waals surface area contributed by atoms with E-state index >= 15 is 0 Å². The van der Waals surface area contributed by atoms with Gasteiger partial charge in [0.15, 0.2) is 0 Å². The fraction of sp³-hybridized carbons (Fsp3) is 0.680. The Balaban J connectivity index is 1.69. The molecule has 2 heterocycles. The molecule has 0 aromatic heterocycles. The van der Waals surface area contributed by atoms with Crippen LogP contribution in [0, 0.1) is 0 Å². The molecule has 1 saturated carbocycles. The Morgan fingerprint density at radius 3 is 2.38 bits per heavy atom. The Kier molecular flexibility index (Phi) is 6.29. The normalized spacial score (nSPS) is 24.6. The van der Waals surface area contributed by atoms with Gasteiger partial charge in [-0.15, -0.1) is 0 Å². The average Bonchev–Trinajstić information content (AvgIpc) is 2.98. The Morgan fingerprint density at radius 1 is 1.12 bits per heavy atom. The largest absolute Gasteiger partial charge is 0.543 e. The minimum atomic E-state index is -2.00. The van der Waals surface area contributed by atoms with Gasteiger partial charge in [-0.2, -0.15) is 0 Å². The van der Waals surface area contributed by atoms with E-state index in [9.17, 15) is 9.59 Å². The summed E-state index contributed by atoms with van der Waals surface area (Å²) >= 11 is 3.84. The third kappa shape index (κ3) is 3.83. The summed E-state index contributed by atoms with van der Waals surface area (Å²) in [6.45, 7) is 13.3. The van der Waals surface area contributed by atoms with E-state index in [4.69, 9.17) is 4.43 Å². The van der Waals surface area contributed by atoms with Gasteiger partial charge in [-0.05, 0) is 70.5 Å². The second-order valence-corrected chi connectivity index (χ2v) is 16.7. The molecule has 0 N–H and O–H groups in total. The fourth-order valence-corrected chi connectivity index (χ4v) is 7.02. The van der Waals surface area contributed by atoms with Crippen molar-refractivity contribution in [2.45, 2.75) is 109 Å². The molecule has 4 rings (SSSR count). The van der Waals surface area contributed by atoms with E-state index in [1.807, 2.05) is 11.0 Å². The lowest BCUT2D eigenvalue weighted by Gasteiger charge is -2.39. The van der Waals surface area contributed by atoms with E-state index in [0.717, 1.165) is 53.5 Å².